The van der Waals surface area contributed by atoms with Crippen molar-refractivity contribution < 1.29 is 0 Å². The van der Waals surface area contributed by atoms with Gasteiger partial charge < -0.3 is 5.73 Å². The molecule has 0 unspecified atom stereocenters. The van der Waals surface area contributed by atoms with Crippen LogP contribution in [0.3, 0.4) is 0 Å². The highest BCUT2D eigenvalue weighted by Crippen LogP contribution is 2.30. The predicted molar refractivity (Wildman–Crippen MR) is 81.8 cm³/mol. The van der Waals surface area contributed by atoms with E-state index in [9.17, 15) is 0 Å². The molecule has 0 fully saturated rings. The Bertz CT molecular complexity index is 529. The van der Waals surface area contributed by atoms with E-state index in [0.717, 1.165) is 32.2 Å². The highest BCUT2D eigenvalue weighted by atomic mass is 79.9. The number of pyridine rings is 1. The Morgan fingerprint density at radius 3 is 2.72 bits per heavy atom. The van der Waals surface area contributed by atoms with Crippen LogP contribution in [0, 0.1) is 13.8 Å². The quantitative estimate of drug-likeness (QED) is 0.675. The van der Waals surface area contributed by atoms with Crippen LogP contribution in [0.4, 0.5) is 5.69 Å². The lowest BCUT2D eigenvalue weighted by Crippen LogP contribution is -1.94. The molecule has 0 radical (unpaired) electrons. The van der Waals surface area contributed by atoms with Gasteiger partial charge in [-0.2, -0.15) is 0 Å². The van der Waals surface area contributed by atoms with Crippen molar-refractivity contribution in [2.24, 2.45) is 0 Å². The lowest BCUT2D eigenvalue weighted by Gasteiger charge is -2.08. The van der Waals surface area contributed by atoms with Crippen LogP contribution in [0.1, 0.15) is 16.8 Å². The molecule has 0 atom stereocenters. The van der Waals surface area contributed by atoms with E-state index in [2.05, 4.69) is 40.0 Å². The number of nitrogen functional groups attached to an aromatic ring is 1. The monoisotopic (exact) mass is 322 g/mol. The van der Waals surface area contributed by atoms with Crippen molar-refractivity contribution in [3.8, 4) is 0 Å². The fraction of sp³-hybridized carbons (Fsp3) is 0.214. The van der Waals surface area contributed by atoms with Crippen molar-refractivity contribution in [2.45, 2.75) is 24.6 Å². The van der Waals surface area contributed by atoms with Crippen molar-refractivity contribution in [2.75, 3.05) is 5.73 Å². The molecule has 0 saturated carbocycles. The van der Waals surface area contributed by atoms with Gasteiger partial charge in [-0.25, -0.2) is 4.98 Å². The minimum Gasteiger partial charge on any atom is -0.398 e. The standard InChI is InChI=1S/C14H15BrN2S/c1-9-6-10(2)17-14(7-9)18-8-11-12(15)4-3-5-13(11)16/h3-7H,8,16H2,1-2H3. The average Bonchev–Trinajstić information content (AvgIpc) is 2.27. The summed E-state index contributed by atoms with van der Waals surface area (Å²) in [6.45, 7) is 4.11. The van der Waals surface area contributed by atoms with E-state index in [0.29, 0.717) is 0 Å². The van der Waals surface area contributed by atoms with E-state index >= 15 is 0 Å². The van der Waals surface area contributed by atoms with Crippen LogP contribution < -0.4 is 5.73 Å². The maximum absolute atomic E-state index is 5.98. The summed E-state index contributed by atoms with van der Waals surface area (Å²) in [5.41, 5.74) is 10.2. The first-order valence-corrected chi connectivity index (χ1v) is 7.45. The van der Waals surface area contributed by atoms with Gasteiger partial charge in [0.1, 0.15) is 0 Å². The molecule has 1 aromatic carbocycles. The maximum atomic E-state index is 5.98. The van der Waals surface area contributed by atoms with Crippen molar-refractivity contribution >= 4 is 33.4 Å². The predicted octanol–water partition coefficient (Wildman–Crippen LogP) is 4.34. The molecule has 0 aliphatic heterocycles. The van der Waals surface area contributed by atoms with Crippen LogP contribution in [-0.2, 0) is 5.75 Å². The highest BCUT2D eigenvalue weighted by Gasteiger charge is 2.06. The summed E-state index contributed by atoms with van der Waals surface area (Å²) in [4.78, 5) is 4.52. The number of aromatic nitrogens is 1. The number of halogens is 1. The number of hydrogen-bond donors (Lipinski definition) is 1. The summed E-state index contributed by atoms with van der Waals surface area (Å²) in [5.74, 6) is 0.823. The Hall–Kier alpha value is -1.00. The average molecular weight is 323 g/mol. The Labute approximate surface area is 120 Å². The number of thioether (sulfide) groups is 1. The van der Waals surface area contributed by atoms with Gasteiger partial charge in [0.05, 0.1) is 5.03 Å². The number of anilines is 1. The number of nitrogens with zero attached hydrogens (tertiary/aromatic N) is 1. The molecule has 4 heteroatoms. The fourth-order valence-electron chi connectivity index (χ4n) is 1.75. The molecule has 0 aliphatic carbocycles. The zero-order valence-electron chi connectivity index (χ0n) is 10.4. The molecule has 0 saturated heterocycles. The summed E-state index contributed by atoms with van der Waals surface area (Å²) in [5, 5.41) is 1.04. The smallest absolute Gasteiger partial charge is 0.0968 e. The molecule has 1 heterocycles. The summed E-state index contributed by atoms with van der Waals surface area (Å²) < 4.78 is 1.05. The molecule has 0 spiro atoms. The molecule has 2 nitrogen and oxygen atoms in total. The van der Waals surface area contributed by atoms with Crippen molar-refractivity contribution in [1.82, 2.24) is 4.98 Å². The van der Waals surface area contributed by atoms with E-state index < -0.39 is 0 Å². The normalized spacial score (nSPS) is 10.6. The van der Waals surface area contributed by atoms with E-state index in [-0.39, 0.29) is 0 Å². The number of rotatable bonds is 3. The lowest BCUT2D eigenvalue weighted by atomic mass is 10.2. The van der Waals surface area contributed by atoms with Gasteiger partial charge in [0.25, 0.3) is 0 Å². The van der Waals surface area contributed by atoms with Crippen LogP contribution in [0.2, 0.25) is 0 Å². The lowest BCUT2D eigenvalue weighted by molar-refractivity contribution is 1.05. The van der Waals surface area contributed by atoms with Crippen molar-refractivity contribution in [3.05, 3.63) is 51.6 Å². The maximum Gasteiger partial charge on any atom is 0.0968 e. The van der Waals surface area contributed by atoms with E-state index in [1.165, 1.54) is 5.56 Å². The Kier molecular flexibility index (Phi) is 4.30. The first kappa shape index (κ1) is 13.4. The molecule has 18 heavy (non-hydrogen) atoms. The zero-order chi connectivity index (χ0) is 13.1. The third-order valence-electron chi connectivity index (χ3n) is 2.59. The van der Waals surface area contributed by atoms with Crippen molar-refractivity contribution in [1.29, 1.82) is 0 Å². The molecule has 2 aromatic rings. The zero-order valence-corrected chi connectivity index (χ0v) is 12.8. The molecular weight excluding hydrogens is 308 g/mol. The Morgan fingerprint density at radius 2 is 2.06 bits per heavy atom. The number of benzene rings is 1. The number of hydrogen-bond acceptors (Lipinski definition) is 3. The van der Waals surface area contributed by atoms with Crippen LogP contribution in [0.15, 0.2) is 39.8 Å². The van der Waals surface area contributed by atoms with Crippen LogP contribution in [0.5, 0.6) is 0 Å². The second-order valence-corrected chi connectivity index (χ2v) is 6.07. The Morgan fingerprint density at radius 1 is 1.28 bits per heavy atom. The second kappa shape index (κ2) is 5.76. The molecule has 2 rings (SSSR count). The van der Waals surface area contributed by atoms with E-state index in [1.807, 2.05) is 25.1 Å². The van der Waals surface area contributed by atoms with Gasteiger partial charge in [0, 0.05) is 21.6 Å². The molecule has 0 amide bonds. The Balaban J connectivity index is 2.16. The summed E-state index contributed by atoms with van der Waals surface area (Å²) in [6, 6.07) is 10.1. The summed E-state index contributed by atoms with van der Waals surface area (Å²) in [6.07, 6.45) is 0. The van der Waals surface area contributed by atoms with Gasteiger partial charge in [-0.05, 0) is 49.2 Å². The third-order valence-corrected chi connectivity index (χ3v) is 4.27. The van der Waals surface area contributed by atoms with Crippen molar-refractivity contribution in [3.63, 3.8) is 0 Å². The molecule has 94 valence electrons. The van der Waals surface area contributed by atoms with E-state index in [1.54, 1.807) is 11.8 Å². The number of aryl methyl sites for hydroxylation is 2. The second-order valence-electron chi connectivity index (χ2n) is 4.22. The molecule has 1 aromatic heterocycles. The van der Waals surface area contributed by atoms with Gasteiger partial charge in [-0.1, -0.05) is 22.0 Å². The van der Waals surface area contributed by atoms with Crippen LogP contribution >= 0.6 is 27.7 Å². The highest BCUT2D eigenvalue weighted by molar-refractivity contribution is 9.10. The first-order chi connectivity index (χ1) is 8.56. The van der Waals surface area contributed by atoms with Crippen LogP contribution in [0.25, 0.3) is 0 Å². The number of nitrogens with two attached hydrogens (primary N) is 1. The van der Waals surface area contributed by atoms with Gasteiger partial charge in [-0.3, -0.25) is 0 Å². The largest absolute Gasteiger partial charge is 0.398 e. The van der Waals surface area contributed by atoms with Gasteiger partial charge in [0.2, 0.25) is 0 Å². The summed E-state index contributed by atoms with van der Waals surface area (Å²) >= 11 is 5.24. The molecule has 2 N–H and O–H groups in total. The molecule has 0 aliphatic rings. The fourth-order valence-corrected chi connectivity index (χ4v) is 3.55. The van der Waals surface area contributed by atoms with E-state index in [4.69, 9.17) is 5.73 Å². The molecule has 0 bridgehead atoms. The first-order valence-electron chi connectivity index (χ1n) is 5.67. The third kappa shape index (κ3) is 3.27. The molecular formula is C14H15BrN2S. The van der Waals surface area contributed by atoms with Crippen LogP contribution in [-0.4, -0.2) is 4.98 Å². The van der Waals surface area contributed by atoms with Gasteiger partial charge >= 0.3 is 0 Å². The SMILES string of the molecule is Cc1cc(C)nc(SCc2c(N)cccc2Br)c1. The van der Waals surface area contributed by atoms with Gasteiger partial charge in [0.15, 0.2) is 0 Å². The minimum absolute atomic E-state index is 0.821. The van der Waals surface area contributed by atoms with Gasteiger partial charge in [-0.15, -0.1) is 11.8 Å². The minimum atomic E-state index is 0.821. The topological polar surface area (TPSA) is 38.9 Å². The summed E-state index contributed by atoms with van der Waals surface area (Å²) in [7, 11) is 0.